The summed E-state index contributed by atoms with van der Waals surface area (Å²) in [6.45, 7) is 4.23. The third-order valence-electron chi connectivity index (χ3n) is 2.34. The van der Waals surface area contributed by atoms with Crippen LogP contribution in [0, 0.1) is 11.8 Å². The van der Waals surface area contributed by atoms with Crippen molar-refractivity contribution in [3.05, 3.63) is 24.0 Å². The number of nitrogens with zero attached hydrogens (tertiary/aromatic N) is 1. The van der Waals surface area contributed by atoms with Gasteiger partial charge in [-0.3, -0.25) is 4.98 Å². The normalized spacial score (nSPS) is 11.2. The molecule has 1 aromatic rings. The Kier molecular flexibility index (Phi) is 7.32. The first kappa shape index (κ1) is 17.6. The highest BCUT2D eigenvalue weighted by Gasteiger charge is 2.14. The first-order valence-electron chi connectivity index (χ1n) is 6.62. The Bertz CT molecular complexity index is 603. The average molecular weight is 312 g/mol. The van der Waals surface area contributed by atoms with Crippen molar-refractivity contribution < 1.29 is 18.3 Å². The zero-order valence-electron chi connectivity index (χ0n) is 12.2. The second kappa shape index (κ2) is 8.74. The number of hydrogen-bond donors (Lipinski definition) is 2. The maximum atomic E-state index is 12.1. The highest BCUT2D eigenvalue weighted by atomic mass is 32.2. The summed E-state index contributed by atoms with van der Waals surface area (Å²) in [6.07, 6.45) is 3.14. The first-order chi connectivity index (χ1) is 9.95. The lowest BCUT2D eigenvalue weighted by Crippen LogP contribution is -2.28. The van der Waals surface area contributed by atoms with E-state index >= 15 is 0 Å². The van der Waals surface area contributed by atoms with Crippen molar-refractivity contribution in [2.24, 2.45) is 0 Å². The van der Waals surface area contributed by atoms with Crippen LogP contribution >= 0.6 is 0 Å². The standard InChI is InChI=1S/C14H20N2O4S/c1-12(2)20-8-6-16-21(18,19)14-9-13(10-15-11-14)5-3-4-7-17/h9-12,16-17H,4,6-8H2,1-2H3. The Hall–Kier alpha value is -1.46. The number of aliphatic hydroxyl groups is 1. The molecule has 2 N–H and O–H groups in total. The van der Waals surface area contributed by atoms with Crippen LogP contribution in [0.1, 0.15) is 25.8 Å². The number of aromatic nitrogens is 1. The number of rotatable bonds is 7. The van der Waals surface area contributed by atoms with Gasteiger partial charge in [0.15, 0.2) is 0 Å². The van der Waals surface area contributed by atoms with E-state index in [1.54, 1.807) is 0 Å². The zero-order valence-corrected chi connectivity index (χ0v) is 13.0. The molecule has 0 spiro atoms. The number of hydrogen-bond acceptors (Lipinski definition) is 5. The van der Waals surface area contributed by atoms with Crippen molar-refractivity contribution in [1.82, 2.24) is 9.71 Å². The van der Waals surface area contributed by atoms with Crippen molar-refractivity contribution in [2.75, 3.05) is 19.8 Å². The van der Waals surface area contributed by atoms with Gasteiger partial charge in [-0.05, 0) is 19.9 Å². The predicted molar refractivity (Wildman–Crippen MR) is 79.1 cm³/mol. The Balaban J connectivity index is 2.70. The highest BCUT2D eigenvalue weighted by Crippen LogP contribution is 2.08. The average Bonchev–Trinajstić information content (AvgIpc) is 2.44. The smallest absolute Gasteiger partial charge is 0.242 e. The SMILES string of the molecule is CC(C)OCCNS(=O)(=O)c1cncc(C#CCCO)c1. The van der Waals surface area contributed by atoms with Crippen LogP contribution in [0.25, 0.3) is 0 Å². The topological polar surface area (TPSA) is 88.5 Å². The molecule has 0 aliphatic carbocycles. The minimum Gasteiger partial charge on any atom is -0.395 e. The number of sulfonamides is 1. The van der Waals surface area contributed by atoms with Gasteiger partial charge in [0, 0.05) is 30.9 Å². The van der Waals surface area contributed by atoms with E-state index in [0.717, 1.165) is 0 Å². The minimum absolute atomic E-state index is 0.0319. The van der Waals surface area contributed by atoms with Gasteiger partial charge in [0.05, 0.1) is 19.3 Å². The summed E-state index contributed by atoms with van der Waals surface area (Å²) in [7, 11) is -3.62. The third-order valence-corrected chi connectivity index (χ3v) is 3.77. The Labute approximate surface area is 125 Å². The van der Waals surface area contributed by atoms with Gasteiger partial charge in [0.2, 0.25) is 10.0 Å². The van der Waals surface area contributed by atoms with E-state index in [-0.39, 0.29) is 24.2 Å². The maximum Gasteiger partial charge on any atom is 0.242 e. The molecule has 1 rings (SSSR count). The molecule has 0 amide bonds. The highest BCUT2D eigenvalue weighted by molar-refractivity contribution is 7.89. The van der Waals surface area contributed by atoms with Crippen LogP contribution in [0.3, 0.4) is 0 Å². The monoisotopic (exact) mass is 312 g/mol. The molecule has 7 heteroatoms. The van der Waals surface area contributed by atoms with E-state index in [0.29, 0.717) is 18.6 Å². The third kappa shape index (κ3) is 6.69. The predicted octanol–water partition coefficient (Wildman–Crippen LogP) is 0.519. The molecule has 0 aliphatic heterocycles. The van der Waals surface area contributed by atoms with Gasteiger partial charge in [-0.25, -0.2) is 13.1 Å². The zero-order chi connectivity index (χ0) is 15.7. The molecule has 0 aromatic carbocycles. The lowest BCUT2D eigenvalue weighted by Gasteiger charge is -2.09. The lowest BCUT2D eigenvalue weighted by molar-refractivity contribution is 0.0834. The molecule has 6 nitrogen and oxygen atoms in total. The van der Waals surface area contributed by atoms with E-state index in [4.69, 9.17) is 9.84 Å². The van der Waals surface area contributed by atoms with Crippen molar-refractivity contribution in [2.45, 2.75) is 31.3 Å². The number of aliphatic hydroxyl groups excluding tert-OH is 1. The van der Waals surface area contributed by atoms with E-state index in [9.17, 15) is 8.42 Å². The van der Waals surface area contributed by atoms with Crippen LogP contribution in [0.15, 0.2) is 23.4 Å². The van der Waals surface area contributed by atoms with Crippen molar-refractivity contribution in [3.63, 3.8) is 0 Å². The molecule has 116 valence electrons. The number of nitrogens with one attached hydrogen (secondary N) is 1. The van der Waals surface area contributed by atoms with Gasteiger partial charge in [-0.2, -0.15) is 0 Å². The van der Waals surface area contributed by atoms with Crippen LogP contribution in [-0.4, -0.2) is 44.4 Å². The summed E-state index contributed by atoms with van der Waals surface area (Å²) in [5.41, 5.74) is 0.491. The summed E-state index contributed by atoms with van der Waals surface area (Å²) >= 11 is 0. The molecule has 0 aliphatic rings. The molecule has 21 heavy (non-hydrogen) atoms. The molecule has 0 radical (unpaired) electrons. The summed E-state index contributed by atoms with van der Waals surface area (Å²) in [4.78, 5) is 3.93. The van der Waals surface area contributed by atoms with Gasteiger partial charge >= 0.3 is 0 Å². The summed E-state index contributed by atoms with van der Waals surface area (Å²) < 4.78 is 31.8. The fourth-order valence-corrected chi connectivity index (χ4v) is 2.41. The van der Waals surface area contributed by atoms with Gasteiger partial charge < -0.3 is 9.84 Å². The van der Waals surface area contributed by atoms with Crippen molar-refractivity contribution in [3.8, 4) is 11.8 Å². The van der Waals surface area contributed by atoms with E-state index in [1.807, 2.05) is 13.8 Å². The lowest BCUT2D eigenvalue weighted by atomic mass is 10.3. The molecular weight excluding hydrogens is 292 g/mol. The quantitative estimate of drug-likeness (QED) is 0.566. The molecule has 0 atom stereocenters. The van der Waals surface area contributed by atoms with Gasteiger partial charge in [-0.1, -0.05) is 11.8 Å². The fraction of sp³-hybridized carbons (Fsp3) is 0.500. The van der Waals surface area contributed by atoms with Gasteiger partial charge in [0.1, 0.15) is 4.90 Å². The van der Waals surface area contributed by atoms with E-state index in [2.05, 4.69) is 21.5 Å². The van der Waals surface area contributed by atoms with Gasteiger partial charge in [-0.15, -0.1) is 0 Å². The summed E-state index contributed by atoms with van der Waals surface area (Å²) in [6, 6.07) is 1.45. The molecule has 0 saturated carbocycles. The summed E-state index contributed by atoms with van der Waals surface area (Å²) in [5, 5.41) is 8.65. The molecular formula is C14H20N2O4S. The molecule has 0 fully saturated rings. The first-order valence-corrected chi connectivity index (χ1v) is 8.10. The van der Waals surface area contributed by atoms with Crippen LogP contribution in [-0.2, 0) is 14.8 Å². The molecule has 0 saturated heterocycles. The van der Waals surface area contributed by atoms with E-state index in [1.165, 1.54) is 18.5 Å². The second-order valence-electron chi connectivity index (χ2n) is 4.50. The molecule has 1 heterocycles. The number of pyridine rings is 1. The van der Waals surface area contributed by atoms with E-state index < -0.39 is 10.0 Å². The van der Waals surface area contributed by atoms with Crippen LogP contribution in [0.5, 0.6) is 0 Å². The Morgan fingerprint density at radius 3 is 2.86 bits per heavy atom. The Morgan fingerprint density at radius 2 is 2.19 bits per heavy atom. The second-order valence-corrected chi connectivity index (χ2v) is 6.27. The largest absolute Gasteiger partial charge is 0.395 e. The van der Waals surface area contributed by atoms with Crippen LogP contribution in [0.2, 0.25) is 0 Å². The van der Waals surface area contributed by atoms with Crippen molar-refractivity contribution in [1.29, 1.82) is 0 Å². The van der Waals surface area contributed by atoms with Gasteiger partial charge in [0.25, 0.3) is 0 Å². The maximum absolute atomic E-state index is 12.1. The molecule has 0 bridgehead atoms. The minimum atomic E-state index is -3.62. The molecule has 0 unspecified atom stereocenters. The fourth-order valence-electron chi connectivity index (χ4n) is 1.41. The van der Waals surface area contributed by atoms with Crippen LogP contribution < -0.4 is 4.72 Å². The number of ether oxygens (including phenoxy) is 1. The molecule has 1 aromatic heterocycles. The van der Waals surface area contributed by atoms with Crippen molar-refractivity contribution >= 4 is 10.0 Å². The van der Waals surface area contributed by atoms with Crippen LogP contribution in [0.4, 0.5) is 0 Å². The Morgan fingerprint density at radius 1 is 1.43 bits per heavy atom. The summed E-state index contributed by atoms with van der Waals surface area (Å²) in [5.74, 6) is 5.47.